The summed E-state index contributed by atoms with van der Waals surface area (Å²) in [4.78, 5) is 0. The maximum absolute atomic E-state index is 5.53. The highest BCUT2D eigenvalue weighted by Gasteiger charge is 2.06. The summed E-state index contributed by atoms with van der Waals surface area (Å²) in [5, 5.41) is 0. The van der Waals surface area contributed by atoms with Crippen molar-refractivity contribution in [2.75, 3.05) is 13.7 Å². The molecular formula is C17H34O2. The maximum atomic E-state index is 5.53. The monoisotopic (exact) mass is 270 g/mol. The molecule has 0 aliphatic rings. The van der Waals surface area contributed by atoms with Crippen LogP contribution in [0.5, 0.6) is 0 Å². The van der Waals surface area contributed by atoms with Gasteiger partial charge < -0.3 is 9.47 Å². The van der Waals surface area contributed by atoms with E-state index in [9.17, 15) is 0 Å². The summed E-state index contributed by atoms with van der Waals surface area (Å²) in [6.45, 7) is 5.04. The number of allylic oxidation sites excluding steroid dienone is 1. The van der Waals surface area contributed by atoms with Crippen molar-refractivity contribution in [3.05, 3.63) is 12.3 Å². The average Bonchev–Trinajstić information content (AvgIpc) is 2.44. The van der Waals surface area contributed by atoms with E-state index in [1.165, 1.54) is 51.4 Å². The molecule has 0 amide bonds. The Morgan fingerprint density at radius 3 is 2.16 bits per heavy atom. The van der Waals surface area contributed by atoms with Gasteiger partial charge in [-0.2, -0.15) is 0 Å². The molecule has 0 fully saturated rings. The third-order valence-corrected chi connectivity index (χ3v) is 3.48. The van der Waals surface area contributed by atoms with Gasteiger partial charge >= 0.3 is 0 Å². The lowest BCUT2D eigenvalue weighted by molar-refractivity contribution is 0.0776. The van der Waals surface area contributed by atoms with Crippen molar-refractivity contribution in [1.29, 1.82) is 0 Å². The van der Waals surface area contributed by atoms with Crippen LogP contribution in [-0.2, 0) is 9.47 Å². The first-order valence-corrected chi connectivity index (χ1v) is 8.10. The van der Waals surface area contributed by atoms with E-state index in [1.807, 2.05) is 20.1 Å². The summed E-state index contributed by atoms with van der Waals surface area (Å²) in [5.74, 6) is 0. The molecule has 1 unspecified atom stereocenters. The van der Waals surface area contributed by atoms with Gasteiger partial charge in [0.2, 0.25) is 0 Å². The van der Waals surface area contributed by atoms with E-state index in [0.29, 0.717) is 6.10 Å². The van der Waals surface area contributed by atoms with Gasteiger partial charge in [0.25, 0.3) is 0 Å². The Morgan fingerprint density at radius 1 is 0.895 bits per heavy atom. The molecule has 114 valence electrons. The first-order chi connectivity index (χ1) is 9.35. The van der Waals surface area contributed by atoms with Crippen molar-refractivity contribution in [3.8, 4) is 0 Å². The molecule has 0 N–H and O–H groups in total. The SMILES string of the molecule is CC=COCCCC(CCCCCCCCC)OC. The van der Waals surface area contributed by atoms with Crippen LogP contribution in [0.4, 0.5) is 0 Å². The molecule has 0 aliphatic carbocycles. The predicted molar refractivity (Wildman–Crippen MR) is 83.4 cm³/mol. The van der Waals surface area contributed by atoms with Gasteiger partial charge in [-0.05, 0) is 26.2 Å². The number of rotatable bonds is 14. The van der Waals surface area contributed by atoms with Crippen molar-refractivity contribution in [3.63, 3.8) is 0 Å². The minimum absolute atomic E-state index is 0.421. The lowest BCUT2D eigenvalue weighted by Crippen LogP contribution is -2.11. The zero-order chi connectivity index (χ0) is 14.2. The fraction of sp³-hybridized carbons (Fsp3) is 0.882. The van der Waals surface area contributed by atoms with Gasteiger partial charge in [0.05, 0.1) is 19.0 Å². The minimum Gasteiger partial charge on any atom is -0.502 e. The van der Waals surface area contributed by atoms with Crippen molar-refractivity contribution in [2.24, 2.45) is 0 Å². The molecule has 19 heavy (non-hydrogen) atoms. The van der Waals surface area contributed by atoms with Gasteiger partial charge in [-0.25, -0.2) is 0 Å². The zero-order valence-electron chi connectivity index (χ0n) is 13.3. The molecule has 0 radical (unpaired) electrons. The summed E-state index contributed by atoms with van der Waals surface area (Å²) in [6.07, 6.45) is 17.1. The van der Waals surface area contributed by atoms with Crippen LogP contribution in [0.2, 0.25) is 0 Å². The quantitative estimate of drug-likeness (QED) is 0.308. The van der Waals surface area contributed by atoms with Gasteiger partial charge in [-0.1, -0.05) is 57.9 Å². The molecule has 0 rings (SSSR count). The molecule has 0 aromatic carbocycles. The standard InChI is InChI=1S/C17H34O2/c1-4-6-7-8-9-10-11-13-17(18-3)14-12-16-19-15-5-2/h5,15,17H,4,6-14,16H2,1-3H3. The van der Waals surface area contributed by atoms with Crippen molar-refractivity contribution in [2.45, 2.75) is 84.2 Å². The highest BCUT2D eigenvalue weighted by atomic mass is 16.5. The summed E-state index contributed by atoms with van der Waals surface area (Å²) >= 11 is 0. The highest BCUT2D eigenvalue weighted by Crippen LogP contribution is 2.13. The molecular weight excluding hydrogens is 236 g/mol. The number of hydrogen-bond acceptors (Lipinski definition) is 2. The first kappa shape index (κ1) is 18.5. The predicted octanol–water partition coefficient (Wildman–Crippen LogP) is 5.47. The van der Waals surface area contributed by atoms with Crippen LogP contribution in [0, 0.1) is 0 Å². The summed E-state index contributed by atoms with van der Waals surface area (Å²) < 4.78 is 10.9. The lowest BCUT2D eigenvalue weighted by Gasteiger charge is -2.14. The maximum Gasteiger partial charge on any atom is 0.0874 e. The number of hydrogen-bond donors (Lipinski definition) is 0. The van der Waals surface area contributed by atoms with Gasteiger partial charge in [0.15, 0.2) is 0 Å². The van der Waals surface area contributed by atoms with Crippen LogP contribution in [0.15, 0.2) is 12.3 Å². The van der Waals surface area contributed by atoms with E-state index in [-0.39, 0.29) is 0 Å². The topological polar surface area (TPSA) is 18.5 Å². The largest absolute Gasteiger partial charge is 0.502 e. The van der Waals surface area contributed by atoms with Crippen LogP contribution in [0.25, 0.3) is 0 Å². The first-order valence-electron chi connectivity index (χ1n) is 8.10. The number of ether oxygens (including phenoxy) is 2. The minimum atomic E-state index is 0.421. The van der Waals surface area contributed by atoms with Gasteiger partial charge in [0.1, 0.15) is 0 Å². The molecule has 0 aromatic heterocycles. The van der Waals surface area contributed by atoms with E-state index in [1.54, 1.807) is 6.26 Å². The normalized spacial score (nSPS) is 13.0. The second-order valence-corrected chi connectivity index (χ2v) is 5.25. The molecule has 0 saturated heterocycles. The van der Waals surface area contributed by atoms with Crippen molar-refractivity contribution in [1.82, 2.24) is 0 Å². The second-order valence-electron chi connectivity index (χ2n) is 5.25. The van der Waals surface area contributed by atoms with Gasteiger partial charge in [-0.15, -0.1) is 0 Å². The van der Waals surface area contributed by atoms with E-state index in [2.05, 4.69) is 6.92 Å². The Balaban J connectivity index is 3.33. The van der Waals surface area contributed by atoms with E-state index >= 15 is 0 Å². The van der Waals surface area contributed by atoms with E-state index < -0.39 is 0 Å². The molecule has 2 heteroatoms. The Hall–Kier alpha value is -0.500. The smallest absolute Gasteiger partial charge is 0.0874 e. The Kier molecular flexibility index (Phi) is 15.1. The van der Waals surface area contributed by atoms with E-state index in [0.717, 1.165) is 19.4 Å². The summed E-state index contributed by atoms with van der Waals surface area (Å²) in [5.41, 5.74) is 0. The second kappa shape index (κ2) is 15.6. The zero-order valence-corrected chi connectivity index (χ0v) is 13.3. The summed E-state index contributed by atoms with van der Waals surface area (Å²) in [6, 6.07) is 0. The van der Waals surface area contributed by atoms with Gasteiger partial charge in [0, 0.05) is 7.11 Å². The molecule has 0 aliphatic heterocycles. The highest BCUT2D eigenvalue weighted by molar-refractivity contribution is 4.65. The molecule has 0 bridgehead atoms. The van der Waals surface area contributed by atoms with Crippen LogP contribution in [0.1, 0.15) is 78.1 Å². The third-order valence-electron chi connectivity index (χ3n) is 3.48. The van der Waals surface area contributed by atoms with E-state index in [4.69, 9.17) is 9.47 Å². The molecule has 0 spiro atoms. The number of unbranched alkanes of at least 4 members (excludes halogenated alkanes) is 6. The van der Waals surface area contributed by atoms with Gasteiger partial charge in [-0.3, -0.25) is 0 Å². The Labute approximate surface area is 120 Å². The van der Waals surface area contributed by atoms with Crippen LogP contribution in [-0.4, -0.2) is 19.8 Å². The van der Waals surface area contributed by atoms with Crippen LogP contribution < -0.4 is 0 Å². The molecule has 1 atom stereocenters. The lowest BCUT2D eigenvalue weighted by atomic mass is 10.0. The van der Waals surface area contributed by atoms with Crippen LogP contribution >= 0.6 is 0 Å². The summed E-state index contributed by atoms with van der Waals surface area (Å²) in [7, 11) is 1.83. The Morgan fingerprint density at radius 2 is 1.53 bits per heavy atom. The fourth-order valence-electron chi connectivity index (χ4n) is 2.27. The molecule has 0 saturated carbocycles. The Bertz CT molecular complexity index is 190. The fourth-order valence-corrected chi connectivity index (χ4v) is 2.27. The molecule has 0 heterocycles. The average molecular weight is 270 g/mol. The molecule has 2 nitrogen and oxygen atoms in total. The number of methoxy groups -OCH3 is 1. The third kappa shape index (κ3) is 13.7. The van der Waals surface area contributed by atoms with Crippen molar-refractivity contribution >= 4 is 0 Å². The van der Waals surface area contributed by atoms with Crippen LogP contribution in [0.3, 0.4) is 0 Å². The molecule has 0 aromatic rings. The van der Waals surface area contributed by atoms with Crippen molar-refractivity contribution < 1.29 is 9.47 Å².